The molecule has 0 aliphatic heterocycles. The Morgan fingerprint density at radius 2 is 2.17 bits per heavy atom. The maximum Gasteiger partial charge on any atom is 0.316 e. The molecule has 0 aliphatic carbocycles. The van der Waals surface area contributed by atoms with Crippen LogP contribution in [0.3, 0.4) is 0 Å². The van der Waals surface area contributed by atoms with Crippen molar-refractivity contribution in [3.8, 4) is 11.5 Å². The average molecular weight is 347 g/mol. The predicted octanol–water partition coefficient (Wildman–Crippen LogP) is 2.34. The van der Waals surface area contributed by atoms with Crippen LogP contribution in [0.4, 0.5) is 11.4 Å². The van der Waals surface area contributed by atoms with Crippen LogP contribution in [-0.4, -0.2) is 30.9 Å². The third-order valence-electron chi connectivity index (χ3n) is 2.81. The van der Waals surface area contributed by atoms with Gasteiger partial charge < -0.3 is 9.84 Å². The first-order valence-electron chi connectivity index (χ1n) is 6.40. The van der Waals surface area contributed by atoms with E-state index >= 15 is 0 Å². The average Bonchev–Trinajstić information content (AvgIpc) is 3.07. The van der Waals surface area contributed by atoms with Gasteiger partial charge in [0.1, 0.15) is 10.7 Å². The van der Waals surface area contributed by atoms with Gasteiger partial charge in [-0.2, -0.15) is 4.98 Å². The highest BCUT2D eigenvalue weighted by molar-refractivity contribution is 6.32. The Labute approximate surface area is 138 Å². The molecule has 3 aromatic rings. The van der Waals surface area contributed by atoms with Crippen LogP contribution in [-0.2, 0) is 0 Å². The normalized spacial score (nSPS) is 10.4. The van der Waals surface area contributed by atoms with E-state index in [1.807, 2.05) is 0 Å². The Morgan fingerprint density at radius 3 is 2.88 bits per heavy atom. The second-order valence-corrected chi connectivity index (χ2v) is 4.80. The summed E-state index contributed by atoms with van der Waals surface area (Å²) in [7, 11) is 0. The minimum absolute atomic E-state index is 0.0410. The second kappa shape index (κ2) is 6.38. The van der Waals surface area contributed by atoms with Gasteiger partial charge in [-0.25, -0.2) is 4.98 Å². The number of nitrogens with one attached hydrogen (secondary N) is 1. The van der Waals surface area contributed by atoms with Crippen molar-refractivity contribution in [1.29, 1.82) is 0 Å². The molecule has 11 heteroatoms. The molecule has 0 saturated heterocycles. The zero-order valence-electron chi connectivity index (χ0n) is 11.7. The molecule has 0 atom stereocenters. The Balaban J connectivity index is 1.80. The Hall–Kier alpha value is -3.40. The van der Waals surface area contributed by atoms with Crippen molar-refractivity contribution in [2.45, 2.75) is 0 Å². The number of hydrogen-bond acceptors (Lipinski definition) is 8. The fraction of sp³-hybridized carbons (Fsp3) is 0. The molecule has 0 fully saturated rings. The van der Waals surface area contributed by atoms with E-state index < -0.39 is 10.8 Å². The molecular weight excluding hydrogens is 340 g/mol. The molecule has 0 bridgehead atoms. The highest BCUT2D eigenvalue weighted by atomic mass is 35.5. The lowest BCUT2D eigenvalue weighted by molar-refractivity contribution is -0.384. The van der Waals surface area contributed by atoms with Crippen molar-refractivity contribution in [3.05, 3.63) is 57.8 Å². The van der Waals surface area contributed by atoms with Gasteiger partial charge in [0.15, 0.2) is 0 Å². The zero-order chi connectivity index (χ0) is 17.1. The number of nitro groups is 1. The molecule has 0 unspecified atom stereocenters. The third kappa shape index (κ3) is 3.17. The number of hydrogen-bond donors (Lipinski definition) is 1. The summed E-state index contributed by atoms with van der Waals surface area (Å²) in [5.74, 6) is -0.960. The highest BCUT2D eigenvalue weighted by Gasteiger charge is 2.19. The molecule has 1 amide bonds. The summed E-state index contributed by atoms with van der Waals surface area (Å²) < 4.78 is 4.85. The van der Waals surface area contributed by atoms with Crippen molar-refractivity contribution in [3.63, 3.8) is 0 Å². The van der Waals surface area contributed by atoms with E-state index in [0.717, 1.165) is 6.07 Å². The van der Waals surface area contributed by atoms with Crippen LogP contribution in [0.1, 0.15) is 10.7 Å². The Morgan fingerprint density at radius 1 is 1.33 bits per heavy atom. The van der Waals surface area contributed by atoms with E-state index in [1.54, 1.807) is 0 Å². The van der Waals surface area contributed by atoms with E-state index in [2.05, 4.69) is 25.4 Å². The molecule has 2 aromatic heterocycles. The maximum atomic E-state index is 12.1. The van der Waals surface area contributed by atoms with Gasteiger partial charge in [0, 0.05) is 24.1 Å². The third-order valence-corrected chi connectivity index (χ3v) is 3.13. The summed E-state index contributed by atoms with van der Waals surface area (Å²) in [5, 5.41) is 16.8. The molecule has 10 nitrogen and oxygen atoms in total. The number of aromatic nitrogens is 4. The summed E-state index contributed by atoms with van der Waals surface area (Å²) in [5.41, 5.74) is 0.165. The molecule has 3 rings (SSSR count). The van der Waals surface area contributed by atoms with Crippen LogP contribution in [0.25, 0.3) is 11.5 Å². The first-order valence-corrected chi connectivity index (χ1v) is 6.78. The summed E-state index contributed by atoms with van der Waals surface area (Å²) in [6.45, 7) is 0. The van der Waals surface area contributed by atoms with Gasteiger partial charge in [-0.15, -0.1) is 0 Å². The number of carbonyl (C=O) groups excluding carboxylic acids is 1. The number of rotatable bonds is 4. The Kier molecular flexibility index (Phi) is 4.12. The highest BCUT2D eigenvalue weighted by Crippen LogP contribution is 2.27. The molecule has 0 aliphatic rings. The predicted molar refractivity (Wildman–Crippen MR) is 81.4 cm³/mol. The van der Waals surface area contributed by atoms with Crippen molar-refractivity contribution in [2.24, 2.45) is 0 Å². The summed E-state index contributed by atoms with van der Waals surface area (Å²) >= 11 is 5.71. The number of nitrogens with zero attached hydrogens (tertiary/aromatic N) is 5. The summed E-state index contributed by atoms with van der Waals surface area (Å²) in [6, 6.07) is 3.83. The lowest BCUT2D eigenvalue weighted by Crippen LogP contribution is -2.12. The van der Waals surface area contributed by atoms with Crippen LogP contribution in [0.5, 0.6) is 0 Å². The van der Waals surface area contributed by atoms with Crippen molar-refractivity contribution >= 4 is 28.9 Å². The van der Waals surface area contributed by atoms with Crippen LogP contribution in [0, 0.1) is 10.1 Å². The molecular formula is C13H7ClN6O4. The number of halogens is 1. The summed E-state index contributed by atoms with van der Waals surface area (Å²) in [4.78, 5) is 34.0. The van der Waals surface area contributed by atoms with Gasteiger partial charge in [0.2, 0.25) is 5.82 Å². The largest absolute Gasteiger partial charge is 0.328 e. The standard InChI is InChI=1S/C13H7ClN6O4/c14-8-2-1-7(5-10(8)20(22)23)17-12(21)13-18-11(19-24-13)9-6-15-3-4-16-9/h1-6H,(H,17,21). The lowest BCUT2D eigenvalue weighted by Gasteiger charge is -2.02. The fourth-order valence-electron chi connectivity index (χ4n) is 1.75. The molecule has 1 N–H and O–H groups in total. The zero-order valence-corrected chi connectivity index (χ0v) is 12.5. The van der Waals surface area contributed by atoms with Crippen LogP contribution in [0.2, 0.25) is 5.02 Å². The van der Waals surface area contributed by atoms with Gasteiger partial charge in [0.05, 0.1) is 11.1 Å². The minimum atomic E-state index is -0.728. The quantitative estimate of drug-likeness (QED) is 0.561. The molecule has 1 aromatic carbocycles. The van der Waals surface area contributed by atoms with Crippen molar-refractivity contribution in [2.75, 3.05) is 5.32 Å². The number of carbonyl (C=O) groups is 1. The Bertz CT molecular complexity index is 914. The van der Waals surface area contributed by atoms with Crippen molar-refractivity contribution in [1.82, 2.24) is 20.1 Å². The van der Waals surface area contributed by atoms with E-state index in [4.69, 9.17) is 16.1 Å². The SMILES string of the molecule is O=C(Nc1ccc(Cl)c([N+](=O)[O-])c1)c1nc(-c2cnccn2)no1. The van der Waals surface area contributed by atoms with E-state index in [9.17, 15) is 14.9 Å². The van der Waals surface area contributed by atoms with Crippen LogP contribution >= 0.6 is 11.6 Å². The summed E-state index contributed by atoms with van der Waals surface area (Å²) in [6.07, 6.45) is 4.33. The smallest absolute Gasteiger partial charge is 0.316 e. The van der Waals surface area contributed by atoms with Gasteiger partial charge >= 0.3 is 11.8 Å². The monoisotopic (exact) mass is 346 g/mol. The van der Waals surface area contributed by atoms with Gasteiger partial charge in [-0.05, 0) is 12.1 Å². The minimum Gasteiger partial charge on any atom is -0.328 e. The molecule has 2 heterocycles. The van der Waals surface area contributed by atoms with E-state index in [0.29, 0.717) is 5.69 Å². The molecule has 0 spiro atoms. The fourth-order valence-corrected chi connectivity index (χ4v) is 1.94. The number of benzene rings is 1. The van der Waals surface area contributed by atoms with Gasteiger partial charge in [-0.1, -0.05) is 16.8 Å². The first kappa shape index (κ1) is 15.5. The number of nitro benzene ring substituents is 1. The number of amides is 1. The van der Waals surface area contributed by atoms with Crippen molar-refractivity contribution < 1.29 is 14.2 Å². The maximum absolute atomic E-state index is 12.1. The van der Waals surface area contributed by atoms with Gasteiger partial charge in [-0.3, -0.25) is 19.9 Å². The molecule has 0 radical (unpaired) electrons. The van der Waals surface area contributed by atoms with E-state index in [-0.39, 0.29) is 28.1 Å². The first-order chi connectivity index (χ1) is 11.5. The van der Waals surface area contributed by atoms with Gasteiger partial charge in [0.25, 0.3) is 5.69 Å². The van der Waals surface area contributed by atoms with Crippen LogP contribution < -0.4 is 5.32 Å². The van der Waals surface area contributed by atoms with E-state index in [1.165, 1.54) is 30.7 Å². The second-order valence-electron chi connectivity index (χ2n) is 4.39. The molecule has 0 saturated carbocycles. The molecule has 120 valence electrons. The topological polar surface area (TPSA) is 137 Å². The lowest BCUT2D eigenvalue weighted by atomic mass is 10.3. The number of anilines is 1. The van der Waals surface area contributed by atoms with Crippen LogP contribution in [0.15, 0.2) is 41.3 Å². The molecule has 24 heavy (non-hydrogen) atoms.